The fraction of sp³-hybridized carbons (Fsp3) is 0.514. The lowest BCUT2D eigenvalue weighted by atomic mass is 9.81. The molecule has 6 rings (SSSR count). The van der Waals surface area contributed by atoms with Gasteiger partial charge in [-0.1, -0.05) is 25.3 Å². The van der Waals surface area contributed by atoms with Crippen LogP contribution < -0.4 is 9.46 Å². The van der Waals surface area contributed by atoms with Gasteiger partial charge in [0.1, 0.15) is 5.75 Å². The van der Waals surface area contributed by atoms with Gasteiger partial charge in [0.2, 0.25) is 11.8 Å². The van der Waals surface area contributed by atoms with E-state index in [0.717, 1.165) is 57.7 Å². The maximum Gasteiger partial charge on any atom is 0.303 e. The van der Waals surface area contributed by atoms with Crippen molar-refractivity contribution >= 4 is 38.8 Å². The lowest BCUT2D eigenvalue weighted by Gasteiger charge is -2.30. The smallest absolute Gasteiger partial charge is 0.303 e. The van der Waals surface area contributed by atoms with Crippen molar-refractivity contribution in [3.05, 3.63) is 53.1 Å². The number of hydrogen-bond donors (Lipinski definition) is 1. The van der Waals surface area contributed by atoms with Gasteiger partial charge in [0.25, 0.3) is 5.91 Å². The van der Waals surface area contributed by atoms with Crippen molar-refractivity contribution in [1.29, 1.82) is 0 Å². The molecule has 1 saturated carbocycles. The number of hydrogen-bond acceptors (Lipinski definition) is 7. The van der Waals surface area contributed by atoms with Crippen molar-refractivity contribution in [1.82, 2.24) is 23.4 Å². The minimum absolute atomic E-state index is 0.0302. The molecule has 48 heavy (non-hydrogen) atoms. The molecule has 1 aliphatic carbocycles. The van der Waals surface area contributed by atoms with Gasteiger partial charge < -0.3 is 23.8 Å². The zero-order valence-electron chi connectivity index (χ0n) is 28.2. The predicted octanol–water partition coefficient (Wildman–Crippen LogP) is 3.39. The fourth-order valence-electron chi connectivity index (χ4n) is 7.39. The Kier molecular flexibility index (Phi) is 9.82. The molecule has 0 bridgehead atoms. The molecule has 1 aromatic heterocycles. The second-order valence-electron chi connectivity index (χ2n) is 13.3. The van der Waals surface area contributed by atoms with E-state index in [-0.39, 0.29) is 23.9 Å². The van der Waals surface area contributed by atoms with E-state index in [2.05, 4.69) is 15.4 Å². The van der Waals surface area contributed by atoms with Crippen LogP contribution >= 0.6 is 0 Å². The molecule has 2 aliphatic heterocycles. The van der Waals surface area contributed by atoms with E-state index in [1.54, 1.807) is 31.2 Å². The van der Waals surface area contributed by atoms with Gasteiger partial charge in [-0.25, -0.2) is 4.72 Å². The molecule has 0 spiro atoms. The molecule has 3 amide bonds. The average Bonchev–Trinajstić information content (AvgIpc) is 3.30. The molecule has 2 aromatic carbocycles. The zero-order chi connectivity index (χ0) is 34.2. The number of ether oxygens (including phenoxy) is 2. The van der Waals surface area contributed by atoms with Crippen LogP contribution in [-0.2, 0) is 37.5 Å². The van der Waals surface area contributed by atoms with Gasteiger partial charge in [0.05, 0.1) is 38.5 Å². The van der Waals surface area contributed by atoms with Gasteiger partial charge in [-0.3, -0.25) is 14.4 Å². The van der Waals surface area contributed by atoms with E-state index < -0.39 is 22.0 Å². The predicted molar refractivity (Wildman–Crippen MR) is 182 cm³/mol. The van der Waals surface area contributed by atoms with Gasteiger partial charge in [-0.2, -0.15) is 12.7 Å². The summed E-state index contributed by atoms with van der Waals surface area (Å²) < 4.78 is 41.3. The topological polar surface area (TPSA) is 130 Å². The van der Waals surface area contributed by atoms with Crippen LogP contribution in [0.1, 0.15) is 59.5 Å². The number of aromatic nitrogens is 1. The monoisotopic (exact) mass is 679 g/mol. The number of morpholine rings is 1. The molecule has 258 valence electrons. The van der Waals surface area contributed by atoms with Gasteiger partial charge in [-0.05, 0) is 66.6 Å². The summed E-state index contributed by atoms with van der Waals surface area (Å²) in [4.78, 5) is 43.9. The van der Waals surface area contributed by atoms with Crippen LogP contribution in [0, 0.1) is 5.92 Å². The second kappa shape index (κ2) is 13.9. The van der Waals surface area contributed by atoms with Crippen LogP contribution in [0.2, 0.25) is 0 Å². The highest BCUT2D eigenvalue weighted by molar-refractivity contribution is 7.87. The minimum Gasteiger partial charge on any atom is -0.497 e. The molecule has 13 heteroatoms. The number of amides is 3. The first kappa shape index (κ1) is 33.9. The van der Waals surface area contributed by atoms with Crippen molar-refractivity contribution in [3.8, 4) is 17.0 Å². The van der Waals surface area contributed by atoms with Crippen LogP contribution in [0.3, 0.4) is 0 Å². The van der Waals surface area contributed by atoms with Gasteiger partial charge in [0, 0.05) is 62.8 Å². The van der Waals surface area contributed by atoms with Crippen LogP contribution in [0.25, 0.3) is 22.2 Å². The number of rotatable bonds is 8. The molecular formula is C35H45N5O7S. The summed E-state index contributed by atoms with van der Waals surface area (Å²) in [6, 6.07) is 11.3. The second-order valence-corrected chi connectivity index (χ2v) is 15.2. The standard InChI is InChI=1S/C35H45N5O7S/c1-37(2)48(44,45)36-34(42)24-10-12-29-30(20-24)40-21-26(35(43)38(3)22-31(41)39-14-16-47-17-15-39)18-25-19-27(46-4)11-13-28(25)33(40)32(29)23-8-6-5-7-9-23/h10-13,19-20,23,26H,5-9,14-18,21-22H2,1-4H3,(H,36,42). The van der Waals surface area contributed by atoms with E-state index in [9.17, 15) is 22.8 Å². The molecule has 3 heterocycles. The maximum atomic E-state index is 14.2. The Morgan fingerprint density at radius 3 is 2.42 bits per heavy atom. The summed E-state index contributed by atoms with van der Waals surface area (Å²) in [5.74, 6) is -0.512. The summed E-state index contributed by atoms with van der Waals surface area (Å²) in [6.07, 6.45) is 5.95. The number of fused-ring (bicyclic) bond motifs is 5. The maximum absolute atomic E-state index is 14.2. The first-order chi connectivity index (χ1) is 23.0. The summed E-state index contributed by atoms with van der Waals surface area (Å²) in [5, 5.41) is 0.995. The summed E-state index contributed by atoms with van der Waals surface area (Å²) >= 11 is 0. The van der Waals surface area contributed by atoms with E-state index in [1.165, 1.54) is 31.0 Å². The van der Waals surface area contributed by atoms with Crippen LogP contribution in [0.4, 0.5) is 0 Å². The zero-order valence-corrected chi connectivity index (χ0v) is 29.0. The third-order valence-corrected chi connectivity index (χ3v) is 11.4. The van der Waals surface area contributed by atoms with Crippen LogP contribution in [0.15, 0.2) is 36.4 Å². The van der Waals surface area contributed by atoms with E-state index in [1.807, 2.05) is 18.2 Å². The molecule has 0 radical (unpaired) electrons. The average molecular weight is 680 g/mol. The summed E-state index contributed by atoms with van der Waals surface area (Å²) in [5.41, 5.74) is 5.20. The van der Waals surface area contributed by atoms with E-state index in [4.69, 9.17) is 9.47 Å². The van der Waals surface area contributed by atoms with Crippen molar-refractivity contribution < 1.29 is 32.3 Å². The Balaban J connectivity index is 1.46. The summed E-state index contributed by atoms with van der Waals surface area (Å²) in [6.45, 7) is 2.28. The molecule has 1 atom stereocenters. The highest BCUT2D eigenvalue weighted by Crippen LogP contribution is 2.47. The molecule has 1 saturated heterocycles. The highest BCUT2D eigenvalue weighted by Gasteiger charge is 2.35. The third kappa shape index (κ3) is 6.68. The largest absolute Gasteiger partial charge is 0.497 e. The fourth-order valence-corrected chi connectivity index (χ4v) is 7.92. The Labute approximate surface area is 282 Å². The number of nitrogens with zero attached hydrogens (tertiary/aromatic N) is 4. The number of carbonyl (C=O) groups excluding carboxylic acids is 3. The van der Waals surface area contributed by atoms with Crippen molar-refractivity contribution in [2.45, 2.75) is 51.0 Å². The third-order valence-electron chi connectivity index (χ3n) is 9.98. The quantitative estimate of drug-likeness (QED) is 0.387. The molecule has 1 N–H and O–H groups in total. The molecule has 12 nitrogen and oxygen atoms in total. The lowest BCUT2D eigenvalue weighted by molar-refractivity contribution is -0.143. The van der Waals surface area contributed by atoms with Crippen LogP contribution in [0.5, 0.6) is 5.75 Å². The molecule has 3 aliphatic rings. The number of carbonyl (C=O) groups is 3. The number of nitrogens with one attached hydrogen (secondary N) is 1. The molecule has 2 fully saturated rings. The first-order valence-electron chi connectivity index (χ1n) is 16.7. The Morgan fingerprint density at radius 2 is 1.73 bits per heavy atom. The SMILES string of the molecule is COc1ccc2c(c1)CC(C(=O)N(C)CC(=O)N1CCOCC1)Cn1c-2c(C2CCCCC2)c2ccc(C(=O)NS(=O)(=O)N(C)C)cc21. The van der Waals surface area contributed by atoms with Crippen molar-refractivity contribution in [2.24, 2.45) is 5.92 Å². The summed E-state index contributed by atoms with van der Waals surface area (Å²) in [7, 11) is 2.01. The van der Waals surface area contributed by atoms with Crippen molar-refractivity contribution in [3.63, 3.8) is 0 Å². The molecule has 1 unspecified atom stereocenters. The number of likely N-dealkylation sites (N-methyl/N-ethyl adjacent to an activating group) is 1. The Morgan fingerprint density at radius 1 is 1.00 bits per heavy atom. The lowest BCUT2D eigenvalue weighted by Crippen LogP contribution is -2.47. The first-order valence-corrected chi connectivity index (χ1v) is 18.1. The normalized spacial score (nSPS) is 18.6. The minimum atomic E-state index is -4.00. The Hall–Kier alpha value is -3.94. The molecular weight excluding hydrogens is 634 g/mol. The molecule has 3 aromatic rings. The van der Waals surface area contributed by atoms with Crippen LogP contribution in [-0.4, -0.2) is 106 Å². The number of methoxy groups -OCH3 is 1. The van der Waals surface area contributed by atoms with Gasteiger partial charge >= 0.3 is 10.2 Å². The highest BCUT2D eigenvalue weighted by atomic mass is 32.2. The van der Waals surface area contributed by atoms with Crippen molar-refractivity contribution in [2.75, 3.05) is 61.1 Å². The van der Waals surface area contributed by atoms with Gasteiger partial charge in [0.15, 0.2) is 0 Å². The van der Waals surface area contributed by atoms with Gasteiger partial charge in [-0.15, -0.1) is 0 Å². The Bertz CT molecular complexity index is 1820. The van der Waals surface area contributed by atoms with E-state index in [0.29, 0.717) is 50.9 Å². The van der Waals surface area contributed by atoms with E-state index >= 15 is 0 Å². The number of benzene rings is 2.